The summed E-state index contributed by atoms with van der Waals surface area (Å²) in [5.41, 5.74) is 18.0. The zero-order valence-electron chi connectivity index (χ0n) is 47.4. The van der Waals surface area contributed by atoms with Crippen LogP contribution in [0.2, 0.25) is 0 Å². The first-order valence-corrected chi connectivity index (χ1v) is 27.8. The van der Waals surface area contributed by atoms with Crippen LogP contribution in [-0.4, -0.2) is 43.7 Å². The predicted octanol–water partition coefficient (Wildman–Crippen LogP) is 14.7. The van der Waals surface area contributed by atoms with Crippen molar-refractivity contribution in [1.82, 2.24) is 9.97 Å². The van der Waals surface area contributed by atoms with Crippen molar-refractivity contribution in [1.29, 1.82) is 0 Å². The van der Waals surface area contributed by atoms with Crippen LogP contribution in [0.1, 0.15) is 191 Å². The Bertz CT molecular complexity index is 3120. The largest absolute Gasteiger partial charge is 0.378 e. The summed E-state index contributed by atoms with van der Waals surface area (Å²) < 4.78 is 0. The van der Waals surface area contributed by atoms with E-state index in [0.29, 0.717) is 0 Å². The molecule has 2 aliphatic rings. The minimum atomic E-state index is -0.814. The molecule has 77 heavy (non-hydrogen) atoms. The molecule has 0 radical (unpaired) electrons. The predicted molar refractivity (Wildman–Crippen MR) is 308 cm³/mol. The number of rotatable bonds is 11. The van der Waals surface area contributed by atoms with Crippen molar-refractivity contribution in [2.45, 2.75) is 188 Å². The lowest BCUT2D eigenvalue weighted by molar-refractivity contribution is -0.193. The first kappa shape index (κ1) is 60.8. The van der Waals surface area contributed by atoms with E-state index in [4.69, 9.17) is 19.2 Å². The van der Waals surface area contributed by atoms with Gasteiger partial charge in [0, 0.05) is 57.9 Å². The van der Waals surface area contributed by atoms with E-state index >= 15 is 0 Å². The summed E-state index contributed by atoms with van der Waals surface area (Å²) in [4.78, 5) is 41.4. The standard InChI is InChI=1S/C34H41NO.C33H39NO.2CO2/c1-6-27-22-29(24-35-23-27)32-15-14-31(21-26(32)5)34(7-2,8-3)30-13-12-28(25(4)20-30)16-19-33(36)17-10-9-11-18-33;1-6-33(7-2,30-13-14-31(26(5)21-30)28-19-24(3)22-34-23-28)29-12-11-27(25(4)20-29)15-18-32(35)16-9-8-10-17-32;2*2-1-3/h12-15,20-24,36H,6-11,17-18H2,1-5H3;11-14,19-23,35H,6-10,16-17H2,1-5H3;;. The van der Waals surface area contributed by atoms with E-state index in [1.165, 1.54) is 90.7 Å². The van der Waals surface area contributed by atoms with Gasteiger partial charge in [-0.05, 0) is 209 Å². The highest BCUT2D eigenvalue weighted by Crippen LogP contribution is 2.43. The third kappa shape index (κ3) is 15.1. The Morgan fingerprint density at radius 1 is 0.455 bits per heavy atom. The summed E-state index contributed by atoms with van der Waals surface area (Å²) in [7, 11) is 0. The Labute approximate surface area is 459 Å². The van der Waals surface area contributed by atoms with Gasteiger partial charge >= 0.3 is 12.3 Å². The van der Waals surface area contributed by atoms with Crippen molar-refractivity contribution < 1.29 is 29.4 Å². The Balaban J connectivity index is 0.000000258. The molecule has 0 spiro atoms. The third-order valence-electron chi connectivity index (χ3n) is 16.5. The highest BCUT2D eigenvalue weighted by Gasteiger charge is 2.34. The molecule has 2 aliphatic carbocycles. The normalized spacial score (nSPS) is 14.3. The molecule has 2 heterocycles. The second-order valence-electron chi connectivity index (χ2n) is 21.2. The van der Waals surface area contributed by atoms with E-state index < -0.39 is 11.2 Å². The van der Waals surface area contributed by atoms with E-state index in [-0.39, 0.29) is 23.1 Å². The molecule has 0 atom stereocenters. The lowest BCUT2D eigenvalue weighted by atomic mass is 9.69. The fourth-order valence-corrected chi connectivity index (χ4v) is 11.7. The van der Waals surface area contributed by atoms with Gasteiger partial charge in [-0.1, -0.05) is 132 Å². The molecular weight excluding hydrogens is 953 g/mol. The Morgan fingerprint density at radius 2 is 0.805 bits per heavy atom. The number of nitrogens with zero attached hydrogens (tertiary/aromatic N) is 2. The summed E-state index contributed by atoms with van der Waals surface area (Å²) in [5, 5.41) is 21.6. The van der Waals surface area contributed by atoms with Gasteiger partial charge in [0.15, 0.2) is 0 Å². The zero-order chi connectivity index (χ0) is 56.2. The number of aliphatic hydroxyl groups is 2. The molecule has 402 valence electrons. The van der Waals surface area contributed by atoms with Crippen LogP contribution in [0.15, 0.2) is 110 Å². The SMILES string of the molecule is CCC(CC)(c1ccc(C#CC2(O)CCCCC2)c(C)c1)c1ccc(-c2cncc(C)c2)c(C)c1.CCc1cncc(-c2ccc(C(CC)(CC)c3ccc(C#CC4(O)CCCCC4)c(C)c3)cc2C)c1.O=C=O.O=C=O. The first-order valence-electron chi connectivity index (χ1n) is 27.8. The van der Waals surface area contributed by atoms with Gasteiger partial charge < -0.3 is 10.2 Å². The van der Waals surface area contributed by atoms with E-state index in [2.05, 4.69) is 188 Å². The van der Waals surface area contributed by atoms with E-state index in [0.717, 1.165) is 94.6 Å². The average Bonchev–Trinajstić information content (AvgIpc) is 3.43. The monoisotopic (exact) mass is 1030 g/mol. The van der Waals surface area contributed by atoms with Crippen LogP contribution >= 0.6 is 0 Å². The van der Waals surface area contributed by atoms with Crippen LogP contribution in [0.3, 0.4) is 0 Å². The van der Waals surface area contributed by atoms with Crippen LogP contribution in [0.5, 0.6) is 0 Å². The maximum atomic E-state index is 10.8. The van der Waals surface area contributed by atoms with Crippen molar-refractivity contribution in [3.63, 3.8) is 0 Å². The number of aryl methyl sites for hydroxylation is 6. The van der Waals surface area contributed by atoms with Crippen LogP contribution in [0.4, 0.5) is 0 Å². The molecule has 2 fully saturated rings. The summed E-state index contributed by atoms with van der Waals surface area (Å²) in [6, 6.07) is 31.8. The smallest absolute Gasteiger partial charge is 0.373 e. The van der Waals surface area contributed by atoms with Crippen LogP contribution in [0, 0.1) is 58.3 Å². The van der Waals surface area contributed by atoms with Gasteiger partial charge in [-0.2, -0.15) is 19.2 Å². The van der Waals surface area contributed by atoms with Crippen molar-refractivity contribution >= 4 is 12.3 Å². The molecular formula is C69H80N2O6. The number of carbonyl (C=O) groups excluding carboxylic acids is 4. The van der Waals surface area contributed by atoms with Crippen LogP contribution < -0.4 is 0 Å². The van der Waals surface area contributed by atoms with Gasteiger partial charge in [-0.25, -0.2) is 0 Å². The van der Waals surface area contributed by atoms with Crippen molar-refractivity contribution in [2.75, 3.05) is 0 Å². The van der Waals surface area contributed by atoms with Gasteiger partial charge in [-0.3, -0.25) is 9.97 Å². The van der Waals surface area contributed by atoms with E-state index in [1.54, 1.807) is 0 Å². The second kappa shape index (κ2) is 28.4. The average molecular weight is 1030 g/mol. The molecule has 0 unspecified atom stereocenters. The van der Waals surface area contributed by atoms with E-state index in [9.17, 15) is 10.2 Å². The van der Waals surface area contributed by atoms with Gasteiger partial charge in [-0.15, -0.1) is 0 Å². The minimum absolute atomic E-state index is 0.0492. The molecule has 8 nitrogen and oxygen atoms in total. The lowest BCUT2D eigenvalue weighted by Crippen LogP contribution is -2.29. The fraction of sp³-hybridized carbons (Fsp3) is 0.420. The van der Waals surface area contributed by atoms with Gasteiger partial charge in [0.25, 0.3) is 0 Å². The Hall–Kier alpha value is -7.02. The molecule has 0 saturated heterocycles. The molecule has 0 amide bonds. The maximum Gasteiger partial charge on any atom is 0.373 e. The number of benzene rings is 4. The third-order valence-corrected chi connectivity index (χ3v) is 16.5. The number of hydrogen-bond donors (Lipinski definition) is 2. The van der Waals surface area contributed by atoms with Gasteiger partial charge in [0.1, 0.15) is 11.2 Å². The number of hydrogen-bond acceptors (Lipinski definition) is 8. The van der Waals surface area contributed by atoms with Gasteiger partial charge in [0.2, 0.25) is 0 Å². The fourth-order valence-electron chi connectivity index (χ4n) is 11.7. The molecule has 2 aromatic heterocycles. The molecule has 0 aliphatic heterocycles. The highest BCUT2D eigenvalue weighted by molar-refractivity contribution is 5.69. The molecule has 2 saturated carbocycles. The number of pyridine rings is 2. The highest BCUT2D eigenvalue weighted by atomic mass is 16.3. The molecule has 2 N–H and O–H groups in total. The molecule has 8 rings (SSSR count). The summed E-state index contributed by atoms with van der Waals surface area (Å²) >= 11 is 0. The summed E-state index contributed by atoms with van der Waals surface area (Å²) in [6.07, 6.45) is 23.2. The first-order chi connectivity index (χ1) is 37.0. The van der Waals surface area contributed by atoms with Crippen molar-refractivity contribution in [3.8, 4) is 45.9 Å². The molecule has 4 aromatic carbocycles. The second-order valence-corrected chi connectivity index (χ2v) is 21.2. The quantitative estimate of drug-likeness (QED) is 0.123. The van der Waals surface area contributed by atoms with E-state index in [1.807, 2.05) is 24.8 Å². The molecule has 8 heteroatoms. The zero-order valence-corrected chi connectivity index (χ0v) is 47.4. The Morgan fingerprint density at radius 3 is 1.14 bits per heavy atom. The van der Waals surface area contributed by atoms with Crippen molar-refractivity contribution in [3.05, 3.63) is 176 Å². The minimum Gasteiger partial charge on any atom is -0.378 e. The number of aromatic nitrogens is 2. The molecule has 0 bridgehead atoms. The molecule has 6 aromatic rings. The van der Waals surface area contributed by atoms with Crippen molar-refractivity contribution in [2.24, 2.45) is 0 Å². The lowest BCUT2D eigenvalue weighted by Gasteiger charge is -2.34. The maximum absolute atomic E-state index is 10.8. The Kier molecular flexibility index (Phi) is 22.4. The summed E-state index contributed by atoms with van der Waals surface area (Å²) in [5.74, 6) is 13.0. The van der Waals surface area contributed by atoms with Gasteiger partial charge in [0.05, 0.1) is 0 Å². The topological polar surface area (TPSA) is 135 Å². The van der Waals surface area contributed by atoms with Crippen LogP contribution in [0.25, 0.3) is 22.3 Å². The van der Waals surface area contributed by atoms with Crippen LogP contribution in [-0.2, 0) is 36.4 Å². The summed E-state index contributed by atoms with van der Waals surface area (Å²) in [6.45, 7) is 22.1.